The molecule has 0 amide bonds. The van der Waals surface area contributed by atoms with E-state index in [0.717, 1.165) is 0 Å². The summed E-state index contributed by atoms with van der Waals surface area (Å²) in [4.78, 5) is -0.171. The van der Waals surface area contributed by atoms with Gasteiger partial charge in [0.2, 0.25) is 10.0 Å². The number of benzene rings is 2. The van der Waals surface area contributed by atoms with Crippen LogP contribution in [-0.4, -0.2) is 8.42 Å². The van der Waals surface area contributed by atoms with Gasteiger partial charge in [-0.2, -0.15) is 0 Å². The zero-order chi connectivity index (χ0) is 15.6. The van der Waals surface area contributed by atoms with Crippen LogP contribution in [0.3, 0.4) is 0 Å². The Kier molecular flexibility index (Phi) is 4.51. The molecule has 3 N–H and O–H groups in total. The molecule has 7 heteroatoms. The van der Waals surface area contributed by atoms with Gasteiger partial charge in [-0.05, 0) is 36.8 Å². The van der Waals surface area contributed by atoms with Crippen molar-refractivity contribution in [2.45, 2.75) is 17.9 Å². The molecule has 2 aromatic carbocycles. The second-order valence-corrected chi connectivity index (χ2v) is 6.61. The Morgan fingerprint density at radius 1 is 1.24 bits per heavy atom. The predicted octanol–water partition coefficient (Wildman–Crippen LogP) is 3.10. The second kappa shape index (κ2) is 6.01. The Balaban J connectivity index is 2.34. The average molecular weight is 329 g/mol. The number of hydrogen-bond acceptors (Lipinski definition) is 3. The van der Waals surface area contributed by atoms with Gasteiger partial charge in [0.25, 0.3) is 0 Å². The molecule has 2 aromatic rings. The fourth-order valence-corrected chi connectivity index (χ4v) is 3.85. The number of sulfonamides is 1. The molecule has 4 nitrogen and oxygen atoms in total. The summed E-state index contributed by atoms with van der Waals surface area (Å²) in [5.41, 5.74) is 6.24. The monoisotopic (exact) mass is 328 g/mol. The summed E-state index contributed by atoms with van der Waals surface area (Å²) in [7, 11) is -3.91. The molecule has 0 aromatic heterocycles. The number of nitrogens with one attached hydrogen (secondary N) is 1. The van der Waals surface area contributed by atoms with E-state index in [4.69, 9.17) is 17.3 Å². The number of hydrogen-bond donors (Lipinski definition) is 2. The highest BCUT2D eigenvalue weighted by atomic mass is 35.5. The molecule has 0 heterocycles. The van der Waals surface area contributed by atoms with Crippen LogP contribution in [0.2, 0.25) is 5.02 Å². The summed E-state index contributed by atoms with van der Waals surface area (Å²) in [6, 6.07) is 9.53. The highest BCUT2D eigenvalue weighted by molar-refractivity contribution is 7.89. The largest absolute Gasteiger partial charge is 0.398 e. The van der Waals surface area contributed by atoms with Gasteiger partial charge in [0.05, 0.1) is 10.7 Å². The summed E-state index contributed by atoms with van der Waals surface area (Å²) >= 11 is 5.91. The lowest BCUT2D eigenvalue weighted by molar-refractivity contribution is 0.565. The third kappa shape index (κ3) is 3.53. The van der Waals surface area contributed by atoms with Crippen molar-refractivity contribution in [3.05, 3.63) is 58.9 Å². The molecule has 0 aliphatic carbocycles. The van der Waals surface area contributed by atoms with Crippen molar-refractivity contribution in [2.75, 3.05) is 5.73 Å². The van der Waals surface area contributed by atoms with E-state index in [0.29, 0.717) is 5.56 Å². The normalized spacial score (nSPS) is 13.1. The van der Waals surface area contributed by atoms with Gasteiger partial charge in [-0.3, -0.25) is 0 Å². The van der Waals surface area contributed by atoms with Crippen LogP contribution in [0.4, 0.5) is 10.1 Å². The molecule has 21 heavy (non-hydrogen) atoms. The highest BCUT2D eigenvalue weighted by Crippen LogP contribution is 2.28. The number of halogens is 2. The number of nitrogens with two attached hydrogens (primary N) is 1. The van der Waals surface area contributed by atoms with Crippen molar-refractivity contribution < 1.29 is 12.8 Å². The van der Waals surface area contributed by atoms with Crippen molar-refractivity contribution in [3.8, 4) is 0 Å². The van der Waals surface area contributed by atoms with Gasteiger partial charge in [0.1, 0.15) is 10.7 Å². The molecule has 0 saturated carbocycles. The first-order valence-corrected chi connectivity index (χ1v) is 7.99. The summed E-state index contributed by atoms with van der Waals surface area (Å²) in [5, 5.41) is 0.0361. The first kappa shape index (κ1) is 15.8. The molecule has 0 radical (unpaired) electrons. The van der Waals surface area contributed by atoms with Gasteiger partial charge in [0.15, 0.2) is 0 Å². The summed E-state index contributed by atoms with van der Waals surface area (Å²) in [6.07, 6.45) is 0. The average Bonchev–Trinajstić information content (AvgIpc) is 2.37. The van der Waals surface area contributed by atoms with E-state index in [9.17, 15) is 12.8 Å². The van der Waals surface area contributed by atoms with E-state index in [1.165, 1.54) is 30.3 Å². The predicted molar refractivity (Wildman–Crippen MR) is 81.0 cm³/mol. The third-order valence-electron chi connectivity index (χ3n) is 2.95. The fraction of sp³-hybridized carbons (Fsp3) is 0.143. The lowest BCUT2D eigenvalue weighted by Crippen LogP contribution is -2.28. The van der Waals surface area contributed by atoms with Crippen LogP contribution in [0.15, 0.2) is 47.4 Å². The molecule has 0 aliphatic heterocycles. The zero-order valence-electron chi connectivity index (χ0n) is 11.2. The molecule has 0 bridgehead atoms. The third-order valence-corrected chi connectivity index (χ3v) is 5.03. The summed E-state index contributed by atoms with van der Waals surface area (Å²) in [6.45, 7) is 1.61. The van der Waals surface area contributed by atoms with E-state index >= 15 is 0 Å². The van der Waals surface area contributed by atoms with Gasteiger partial charge in [0, 0.05) is 6.04 Å². The maximum atomic E-state index is 13.2. The Hall–Kier alpha value is -1.63. The van der Waals surface area contributed by atoms with Crippen molar-refractivity contribution in [2.24, 2.45) is 0 Å². The lowest BCUT2D eigenvalue weighted by Gasteiger charge is -2.16. The Bertz CT molecular complexity index is 745. The van der Waals surface area contributed by atoms with Crippen LogP contribution in [0, 0.1) is 5.82 Å². The van der Waals surface area contributed by atoms with Crippen LogP contribution >= 0.6 is 11.6 Å². The molecule has 2 rings (SSSR count). The molecular weight excluding hydrogens is 315 g/mol. The van der Waals surface area contributed by atoms with Crippen LogP contribution in [0.25, 0.3) is 0 Å². The first-order chi connectivity index (χ1) is 9.81. The van der Waals surface area contributed by atoms with Crippen LogP contribution in [0.1, 0.15) is 18.5 Å². The van der Waals surface area contributed by atoms with E-state index in [1.807, 2.05) is 0 Å². The van der Waals surface area contributed by atoms with Crippen molar-refractivity contribution in [3.63, 3.8) is 0 Å². The minimum atomic E-state index is -3.91. The Morgan fingerprint density at radius 3 is 2.52 bits per heavy atom. The number of nitrogen functional groups attached to an aromatic ring is 1. The molecule has 0 fully saturated rings. The van der Waals surface area contributed by atoms with Gasteiger partial charge in [-0.15, -0.1) is 0 Å². The molecule has 0 saturated heterocycles. The SMILES string of the molecule is CC(NS(=O)(=O)c1c(N)cccc1Cl)c1cccc(F)c1. The van der Waals surface area contributed by atoms with Crippen molar-refractivity contribution in [1.82, 2.24) is 4.72 Å². The molecule has 0 spiro atoms. The first-order valence-electron chi connectivity index (χ1n) is 6.13. The maximum absolute atomic E-state index is 13.2. The smallest absolute Gasteiger partial charge is 0.244 e. The standard InChI is InChI=1S/C14H14ClFN2O2S/c1-9(10-4-2-5-11(16)8-10)18-21(19,20)14-12(15)6-3-7-13(14)17/h2-9,18H,17H2,1H3. The fourth-order valence-electron chi connectivity index (χ4n) is 1.94. The topological polar surface area (TPSA) is 72.2 Å². The van der Waals surface area contributed by atoms with Crippen molar-refractivity contribution >= 4 is 27.3 Å². The van der Waals surface area contributed by atoms with Crippen LogP contribution in [-0.2, 0) is 10.0 Å². The maximum Gasteiger partial charge on any atom is 0.244 e. The molecule has 1 atom stereocenters. The van der Waals surface area contributed by atoms with Gasteiger partial charge in [-0.25, -0.2) is 17.5 Å². The van der Waals surface area contributed by atoms with E-state index in [2.05, 4.69) is 4.72 Å². The Labute approximate surface area is 127 Å². The minimum Gasteiger partial charge on any atom is -0.398 e. The molecule has 112 valence electrons. The zero-order valence-corrected chi connectivity index (χ0v) is 12.7. The minimum absolute atomic E-state index is 0.0361. The summed E-state index contributed by atoms with van der Waals surface area (Å²) < 4.78 is 40.4. The quantitative estimate of drug-likeness (QED) is 0.847. The molecule has 0 aliphatic rings. The second-order valence-electron chi connectivity index (χ2n) is 4.56. The van der Waals surface area contributed by atoms with Gasteiger partial charge >= 0.3 is 0 Å². The number of rotatable bonds is 4. The van der Waals surface area contributed by atoms with E-state index < -0.39 is 21.9 Å². The van der Waals surface area contributed by atoms with Gasteiger partial charge in [-0.1, -0.05) is 29.8 Å². The van der Waals surface area contributed by atoms with Crippen molar-refractivity contribution in [1.29, 1.82) is 0 Å². The lowest BCUT2D eigenvalue weighted by atomic mass is 10.1. The number of anilines is 1. The van der Waals surface area contributed by atoms with Crippen LogP contribution < -0.4 is 10.5 Å². The van der Waals surface area contributed by atoms with Crippen LogP contribution in [0.5, 0.6) is 0 Å². The highest BCUT2D eigenvalue weighted by Gasteiger charge is 2.23. The molecule has 1 unspecified atom stereocenters. The molecular formula is C14H14ClFN2O2S. The van der Waals surface area contributed by atoms with E-state index in [-0.39, 0.29) is 15.6 Å². The summed E-state index contributed by atoms with van der Waals surface area (Å²) in [5.74, 6) is -0.434. The Morgan fingerprint density at radius 2 is 1.90 bits per heavy atom. The van der Waals surface area contributed by atoms with Gasteiger partial charge < -0.3 is 5.73 Å². The van der Waals surface area contributed by atoms with E-state index in [1.54, 1.807) is 19.1 Å².